The van der Waals surface area contributed by atoms with Gasteiger partial charge in [-0.2, -0.15) is 0 Å². The predicted molar refractivity (Wildman–Crippen MR) is 111 cm³/mol. The Bertz CT molecular complexity index is 928. The first kappa shape index (κ1) is 21.3. The van der Waals surface area contributed by atoms with E-state index in [1.165, 1.54) is 26.4 Å². The number of carbonyl (C=O) groups excluding carboxylic acids is 1. The number of benzene rings is 1. The van der Waals surface area contributed by atoms with Crippen molar-refractivity contribution >= 4 is 17.4 Å². The first-order valence-electron chi connectivity index (χ1n) is 9.50. The molecule has 2 aromatic rings. The largest absolute Gasteiger partial charge is 0.493 e. The van der Waals surface area contributed by atoms with Gasteiger partial charge >= 0.3 is 0 Å². The predicted octanol–water partition coefficient (Wildman–Crippen LogP) is 1.69. The molecule has 160 valence electrons. The summed E-state index contributed by atoms with van der Waals surface area (Å²) in [6.45, 7) is 3.74. The van der Waals surface area contributed by atoms with E-state index < -0.39 is 10.8 Å². The van der Waals surface area contributed by atoms with Crippen LogP contribution >= 0.6 is 0 Å². The minimum atomic E-state index is -0.614. The summed E-state index contributed by atoms with van der Waals surface area (Å²) in [5, 5.41) is 14.2. The van der Waals surface area contributed by atoms with E-state index in [4.69, 9.17) is 9.47 Å². The summed E-state index contributed by atoms with van der Waals surface area (Å²) < 4.78 is 10.3. The smallest absolute Gasteiger partial charge is 0.286 e. The first-order chi connectivity index (χ1) is 14.4. The second kappa shape index (κ2) is 9.40. The SMILES string of the molecule is COc1cc(C(=O)NCc2cccnc2N2CCN(C)CC2)c([N+](=O)[O-])cc1OC. The van der Waals surface area contributed by atoms with Crippen LogP contribution in [0.15, 0.2) is 30.5 Å². The molecule has 2 heterocycles. The molecule has 1 saturated heterocycles. The van der Waals surface area contributed by atoms with E-state index in [1.54, 1.807) is 12.3 Å². The van der Waals surface area contributed by atoms with Crippen molar-refractivity contribution in [1.29, 1.82) is 0 Å². The van der Waals surface area contributed by atoms with Crippen LogP contribution in [0, 0.1) is 10.1 Å². The number of likely N-dealkylation sites (N-methyl/N-ethyl adjacent to an activating group) is 1. The number of hydrogen-bond donors (Lipinski definition) is 1. The molecule has 10 heteroatoms. The van der Waals surface area contributed by atoms with E-state index in [-0.39, 0.29) is 29.3 Å². The summed E-state index contributed by atoms with van der Waals surface area (Å²) >= 11 is 0. The van der Waals surface area contributed by atoms with E-state index in [2.05, 4.69) is 27.1 Å². The lowest BCUT2D eigenvalue weighted by Gasteiger charge is -2.34. The normalized spacial score (nSPS) is 14.3. The average Bonchev–Trinajstić information content (AvgIpc) is 2.77. The van der Waals surface area contributed by atoms with Crippen molar-refractivity contribution in [3.05, 3.63) is 51.7 Å². The molecule has 30 heavy (non-hydrogen) atoms. The molecule has 0 spiro atoms. The highest BCUT2D eigenvalue weighted by Gasteiger charge is 2.25. The molecule has 10 nitrogen and oxygen atoms in total. The van der Waals surface area contributed by atoms with Gasteiger partial charge in [-0.3, -0.25) is 14.9 Å². The molecule has 0 saturated carbocycles. The lowest BCUT2D eigenvalue weighted by Crippen LogP contribution is -2.45. The fraction of sp³-hybridized carbons (Fsp3) is 0.400. The number of nitro benzene ring substituents is 1. The van der Waals surface area contributed by atoms with Crippen LogP contribution in [0.2, 0.25) is 0 Å². The summed E-state index contributed by atoms with van der Waals surface area (Å²) in [4.78, 5) is 32.6. The molecule has 0 aliphatic carbocycles. The van der Waals surface area contributed by atoms with Crippen molar-refractivity contribution in [3.63, 3.8) is 0 Å². The highest BCUT2D eigenvalue weighted by atomic mass is 16.6. The highest BCUT2D eigenvalue weighted by molar-refractivity contribution is 5.99. The van der Waals surface area contributed by atoms with E-state index in [1.807, 2.05) is 6.07 Å². The molecule has 1 amide bonds. The van der Waals surface area contributed by atoms with Crippen LogP contribution in [-0.2, 0) is 6.54 Å². The number of carbonyl (C=O) groups is 1. The molecule has 1 aliphatic rings. The van der Waals surface area contributed by atoms with Gasteiger partial charge in [-0.25, -0.2) is 4.98 Å². The van der Waals surface area contributed by atoms with Crippen molar-refractivity contribution in [2.45, 2.75) is 6.54 Å². The van der Waals surface area contributed by atoms with Gasteiger partial charge in [0.25, 0.3) is 11.6 Å². The molecular weight excluding hydrogens is 390 g/mol. The van der Waals surface area contributed by atoms with Crippen molar-refractivity contribution in [3.8, 4) is 11.5 Å². The second-order valence-corrected chi connectivity index (χ2v) is 6.94. The van der Waals surface area contributed by atoms with Crippen LogP contribution in [0.4, 0.5) is 11.5 Å². The molecule has 0 unspecified atom stereocenters. The third-order valence-electron chi connectivity index (χ3n) is 5.05. The van der Waals surface area contributed by atoms with Crippen molar-refractivity contribution in [1.82, 2.24) is 15.2 Å². The van der Waals surface area contributed by atoms with Crippen molar-refractivity contribution in [2.24, 2.45) is 0 Å². The Morgan fingerprint density at radius 3 is 2.50 bits per heavy atom. The van der Waals surface area contributed by atoms with Crippen LogP contribution in [0.3, 0.4) is 0 Å². The van der Waals surface area contributed by atoms with Crippen LogP contribution in [0.1, 0.15) is 15.9 Å². The van der Waals surface area contributed by atoms with E-state index in [0.29, 0.717) is 0 Å². The fourth-order valence-corrected chi connectivity index (χ4v) is 3.34. The minimum absolute atomic E-state index is 0.0947. The Hall–Kier alpha value is -3.40. The van der Waals surface area contributed by atoms with Crippen LogP contribution < -0.4 is 19.7 Å². The number of nitrogens with one attached hydrogen (secondary N) is 1. The summed E-state index contributed by atoms with van der Waals surface area (Å²) in [6, 6.07) is 6.20. The molecule has 0 bridgehead atoms. The quantitative estimate of drug-likeness (QED) is 0.537. The number of amides is 1. The number of aromatic nitrogens is 1. The van der Waals surface area contributed by atoms with Crippen LogP contribution in [0.5, 0.6) is 11.5 Å². The van der Waals surface area contributed by atoms with Gasteiger partial charge in [-0.1, -0.05) is 6.07 Å². The number of pyridine rings is 1. The lowest BCUT2D eigenvalue weighted by molar-refractivity contribution is -0.385. The maximum atomic E-state index is 12.8. The second-order valence-electron chi connectivity index (χ2n) is 6.94. The van der Waals surface area contributed by atoms with Gasteiger partial charge in [-0.05, 0) is 13.1 Å². The van der Waals surface area contributed by atoms with Crippen LogP contribution in [-0.4, -0.2) is 68.2 Å². The van der Waals surface area contributed by atoms with Gasteiger partial charge in [0, 0.05) is 50.6 Å². The van der Waals surface area contributed by atoms with E-state index in [0.717, 1.165) is 37.6 Å². The van der Waals surface area contributed by atoms with Gasteiger partial charge < -0.3 is 24.6 Å². The highest BCUT2D eigenvalue weighted by Crippen LogP contribution is 2.34. The third kappa shape index (κ3) is 4.60. The van der Waals surface area contributed by atoms with Crippen LogP contribution in [0.25, 0.3) is 0 Å². The van der Waals surface area contributed by atoms with Gasteiger partial charge in [0.1, 0.15) is 11.4 Å². The number of methoxy groups -OCH3 is 2. The Balaban J connectivity index is 1.80. The third-order valence-corrected chi connectivity index (χ3v) is 5.05. The number of ether oxygens (including phenoxy) is 2. The Morgan fingerprint density at radius 2 is 1.87 bits per heavy atom. The molecule has 1 aromatic carbocycles. The van der Waals surface area contributed by atoms with Gasteiger partial charge in [0.15, 0.2) is 11.5 Å². The molecule has 1 fully saturated rings. The number of piperazine rings is 1. The zero-order chi connectivity index (χ0) is 21.7. The standard InChI is InChI=1S/C20H25N5O5/c1-23-7-9-24(10-8-23)19-14(5-4-6-21-19)13-22-20(26)15-11-17(29-2)18(30-3)12-16(15)25(27)28/h4-6,11-12H,7-10,13H2,1-3H3,(H,22,26). The molecular formula is C20H25N5O5. The van der Waals surface area contributed by atoms with Gasteiger partial charge in [0.05, 0.1) is 25.2 Å². The van der Waals surface area contributed by atoms with Gasteiger partial charge in [0.2, 0.25) is 0 Å². The zero-order valence-electron chi connectivity index (χ0n) is 17.3. The zero-order valence-corrected chi connectivity index (χ0v) is 17.3. The number of anilines is 1. The minimum Gasteiger partial charge on any atom is -0.493 e. The molecule has 1 N–H and O–H groups in total. The topological polar surface area (TPSA) is 110 Å². The lowest BCUT2D eigenvalue weighted by atomic mass is 10.1. The number of nitro groups is 1. The Kier molecular flexibility index (Phi) is 6.68. The van der Waals surface area contributed by atoms with E-state index in [9.17, 15) is 14.9 Å². The fourth-order valence-electron chi connectivity index (χ4n) is 3.34. The number of nitrogens with zero attached hydrogens (tertiary/aromatic N) is 4. The maximum absolute atomic E-state index is 12.8. The monoisotopic (exact) mass is 415 g/mol. The van der Waals surface area contributed by atoms with Gasteiger partial charge in [-0.15, -0.1) is 0 Å². The van der Waals surface area contributed by atoms with E-state index >= 15 is 0 Å². The average molecular weight is 415 g/mol. The Morgan fingerprint density at radius 1 is 1.20 bits per heavy atom. The number of rotatable bonds is 7. The molecule has 1 aromatic heterocycles. The maximum Gasteiger partial charge on any atom is 0.286 e. The summed E-state index contributed by atoms with van der Waals surface area (Å²) in [6.07, 6.45) is 1.72. The molecule has 0 atom stereocenters. The Labute approximate surface area is 174 Å². The molecule has 3 rings (SSSR count). The van der Waals surface area contributed by atoms with Crippen molar-refractivity contribution in [2.75, 3.05) is 52.3 Å². The summed E-state index contributed by atoms with van der Waals surface area (Å²) in [5.74, 6) is 0.668. The number of hydrogen-bond acceptors (Lipinski definition) is 8. The summed E-state index contributed by atoms with van der Waals surface area (Å²) in [5.41, 5.74) is 0.400. The molecule has 1 aliphatic heterocycles. The molecule has 0 radical (unpaired) electrons. The van der Waals surface area contributed by atoms with Crippen molar-refractivity contribution < 1.29 is 19.2 Å². The first-order valence-corrected chi connectivity index (χ1v) is 9.50. The summed E-state index contributed by atoms with van der Waals surface area (Å²) in [7, 11) is 4.86.